The summed E-state index contributed by atoms with van der Waals surface area (Å²) >= 11 is 0. The molecule has 0 spiro atoms. The minimum Gasteiger partial charge on any atom is -0.491 e. The fourth-order valence-corrected chi connectivity index (χ4v) is 2.07. The maximum absolute atomic E-state index is 10.7. The van der Waals surface area contributed by atoms with Crippen LogP contribution in [0.15, 0.2) is 54.9 Å². The number of rotatable bonds is 9. The van der Waals surface area contributed by atoms with E-state index in [0.717, 1.165) is 11.3 Å². The number of aliphatic carboxylic acids is 1. The van der Waals surface area contributed by atoms with Gasteiger partial charge < -0.3 is 9.84 Å². The molecule has 0 saturated carbocycles. The number of carboxylic acids is 1. The molecule has 1 aromatic carbocycles. The molecule has 1 heterocycles. The lowest BCUT2D eigenvalue weighted by Crippen LogP contribution is -2.17. The first-order chi connectivity index (χ1) is 11.7. The summed E-state index contributed by atoms with van der Waals surface area (Å²) in [5.41, 5.74) is 5.42. The number of benzene rings is 1. The molecule has 0 fully saturated rings. The molecule has 6 heteroatoms. The normalized spacial score (nSPS) is 11.1. The summed E-state index contributed by atoms with van der Waals surface area (Å²) in [7, 11) is 0. The topological polar surface area (TPSA) is 80.7 Å². The van der Waals surface area contributed by atoms with Gasteiger partial charge in [-0.15, -0.1) is 0 Å². The highest BCUT2D eigenvalue weighted by Crippen LogP contribution is 2.14. The van der Waals surface area contributed by atoms with Gasteiger partial charge >= 0.3 is 5.97 Å². The zero-order valence-corrected chi connectivity index (χ0v) is 13.4. The molecule has 0 saturated heterocycles. The van der Waals surface area contributed by atoms with Crippen molar-refractivity contribution in [2.75, 3.05) is 13.2 Å². The summed E-state index contributed by atoms with van der Waals surface area (Å²) in [5, 5.41) is 8.79. The highest BCUT2D eigenvalue weighted by molar-refractivity contribution is 5.70. The molecule has 0 aliphatic heterocycles. The predicted octanol–water partition coefficient (Wildman–Crippen LogP) is 2.67. The van der Waals surface area contributed by atoms with Gasteiger partial charge in [0.25, 0.3) is 0 Å². The average Bonchev–Trinajstić information content (AvgIpc) is 2.58. The third-order valence-corrected chi connectivity index (χ3v) is 3.17. The third-order valence-electron chi connectivity index (χ3n) is 3.17. The second-order valence-electron chi connectivity index (χ2n) is 4.96. The summed E-state index contributed by atoms with van der Waals surface area (Å²) in [6, 6.07) is 10.8. The Hall–Kier alpha value is -2.86. The van der Waals surface area contributed by atoms with Gasteiger partial charge in [-0.2, -0.15) is 0 Å². The quantitative estimate of drug-likeness (QED) is 0.544. The Morgan fingerprint density at radius 1 is 1.25 bits per heavy atom. The summed E-state index contributed by atoms with van der Waals surface area (Å²) in [4.78, 5) is 20.1. The van der Waals surface area contributed by atoms with Crippen LogP contribution in [0.3, 0.4) is 0 Å². The van der Waals surface area contributed by atoms with Crippen molar-refractivity contribution < 1.29 is 19.5 Å². The van der Waals surface area contributed by atoms with E-state index < -0.39 is 5.97 Å². The lowest BCUT2D eigenvalue weighted by atomic mass is 10.1. The van der Waals surface area contributed by atoms with E-state index in [0.29, 0.717) is 24.5 Å². The van der Waals surface area contributed by atoms with Crippen LogP contribution in [0.25, 0.3) is 5.70 Å². The van der Waals surface area contributed by atoms with Gasteiger partial charge in [0.15, 0.2) is 0 Å². The molecule has 0 aliphatic carbocycles. The monoisotopic (exact) mass is 328 g/mol. The van der Waals surface area contributed by atoms with Crippen molar-refractivity contribution in [2.24, 2.45) is 0 Å². The number of nitrogens with zero attached hydrogens (tertiary/aromatic N) is 1. The van der Waals surface area contributed by atoms with Crippen molar-refractivity contribution in [3.05, 3.63) is 66.0 Å². The second-order valence-corrected chi connectivity index (χ2v) is 4.96. The minimum atomic E-state index is -0.866. The second kappa shape index (κ2) is 9.32. The Labute approximate surface area is 140 Å². The Morgan fingerprint density at radius 2 is 2.04 bits per heavy atom. The molecule has 126 valence electrons. The van der Waals surface area contributed by atoms with Crippen LogP contribution in [-0.2, 0) is 16.1 Å². The van der Waals surface area contributed by atoms with E-state index >= 15 is 0 Å². The lowest BCUT2D eigenvalue weighted by molar-refractivity contribution is -0.136. The van der Waals surface area contributed by atoms with E-state index in [1.807, 2.05) is 25.1 Å². The largest absolute Gasteiger partial charge is 0.491 e. The Balaban J connectivity index is 1.74. The number of carboxylic acid groups (broad SMARTS) is 1. The molecule has 1 aromatic heterocycles. The average molecular weight is 328 g/mol. The molecule has 0 radical (unpaired) electrons. The van der Waals surface area contributed by atoms with Crippen molar-refractivity contribution in [3.8, 4) is 5.75 Å². The Bertz CT molecular complexity index is 686. The fraction of sp³-hybridized carbons (Fsp3) is 0.222. The highest BCUT2D eigenvalue weighted by atomic mass is 16.7. The maximum Gasteiger partial charge on any atom is 0.307 e. The van der Waals surface area contributed by atoms with Crippen LogP contribution in [0.5, 0.6) is 5.75 Å². The van der Waals surface area contributed by atoms with Gasteiger partial charge in [0.05, 0.1) is 12.1 Å². The molecular weight excluding hydrogens is 308 g/mol. The lowest BCUT2D eigenvalue weighted by Gasteiger charge is -2.12. The number of ether oxygens (including phenoxy) is 1. The Kier molecular flexibility index (Phi) is 6.79. The van der Waals surface area contributed by atoms with Gasteiger partial charge in [0, 0.05) is 18.0 Å². The van der Waals surface area contributed by atoms with Crippen LogP contribution in [0, 0.1) is 0 Å². The minimum absolute atomic E-state index is 0.0220. The SMILES string of the molecule is CC=C(NOCCOc1cccc(CC(=O)O)c1)c1ccncc1. The van der Waals surface area contributed by atoms with Gasteiger partial charge in [-0.05, 0) is 36.8 Å². The van der Waals surface area contributed by atoms with Gasteiger partial charge in [-0.25, -0.2) is 0 Å². The first-order valence-corrected chi connectivity index (χ1v) is 7.57. The van der Waals surface area contributed by atoms with Crippen molar-refractivity contribution in [1.82, 2.24) is 10.5 Å². The molecule has 2 rings (SSSR count). The Morgan fingerprint density at radius 3 is 2.75 bits per heavy atom. The molecule has 24 heavy (non-hydrogen) atoms. The van der Waals surface area contributed by atoms with Crippen LogP contribution >= 0.6 is 0 Å². The van der Waals surface area contributed by atoms with Crippen molar-refractivity contribution in [2.45, 2.75) is 13.3 Å². The number of pyridine rings is 1. The number of aromatic nitrogens is 1. The van der Waals surface area contributed by atoms with Crippen molar-refractivity contribution in [3.63, 3.8) is 0 Å². The van der Waals surface area contributed by atoms with Crippen LogP contribution < -0.4 is 10.2 Å². The fourth-order valence-electron chi connectivity index (χ4n) is 2.07. The van der Waals surface area contributed by atoms with Crippen LogP contribution in [0.1, 0.15) is 18.1 Å². The van der Waals surface area contributed by atoms with E-state index in [2.05, 4.69) is 10.5 Å². The van der Waals surface area contributed by atoms with E-state index in [1.165, 1.54) is 0 Å². The predicted molar refractivity (Wildman–Crippen MR) is 90.3 cm³/mol. The van der Waals surface area contributed by atoms with E-state index in [-0.39, 0.29) is 6.42 Å². The molecule has 2 aromatic rings. The number of hydrogen-bond acceptors (Lipinski definition) is 5. The number of allylic oxidation sites excluding steroid dienone is 1. The number of hydroxylamine groups is 1. The molecule has 0 atom stereocenters. The van der Waals surface area contributed by atoms with Crippen molar-refractivity contribution >= 4 is 11.7 Å². The first-order valence-electron chi connectivity index (χ1n) is 7.57. The highest BCUT2D eigenvalue weighted by Gasteiger charge is 2.03. The summed E-state index contributed by atoms with van der Waals surface area (Å²) in [5.74, 6) is -0.243. The van der Waals surface area contributed by atoms with E-state index in [1.54, 1.807) is 36.7 Å². The van der Waals surface area contributed by atoms with E-state index in [4.69, 9.17) is 14.7 Å². The standard InChI is InChI=1S/C18H20N2O4/c1-2-17(15-6-8-19-9-7-15)20-24-11-10-23-16-5-3-4-14(12-16)13-18(21)22/h2-9,12,20H,10-11,13H2,1H3,(H,21,22). The van der Waals surface area contributed by atoms with Gasteiger partial charge in [0.1, 0.15) is 19.0 Å². The number of carbonyl (C=O) groups is 1. The molecule has 6 nitrogen and oxygen atoms in total. The molecule has 0 amide bonds. The van der Waals surface area contributed by atoms with Crippen molar-refractivity contribution in [1.29, 1.82) is 0 Å². The zero-order valence-electron chi connectivity index (χ0n) is 13.4. The molecule has 2 N–H and O–H groups in total. The summed E-state index contributed by atoms with van der Waals surface area (Å²) in [6.45, 7) is 2.60. The molecule has 0 unspecified atom stereocenters. The van der Waals surface area contributed by atoms with Crippen LogP contribution in [0.4, 0.5) is 0 Å². The van der Waals surface area contributed by atoms with Gasteiger partial charge in [-0.1, -0.05) is 18.2 Å². The summed E-state index contributed by atoms with van der Waals surface area (Å²) in [6.07, 6.45) is 5.32. The molecule has 0 aliphatic rings. The van der Waals surface area contributed by atoms with Gasteiger partial charge in [-0.3, -0.25) is 20.1 Å². The molecular formula is C18H20N2O4. The molecule has 0 bridgehead atoms. The zero-order chi connectivity index (χ0) is 17.2. The number of nitrogens with one attached hydrogen (secondary N) is 1. The smallest absolute Gasteiger partial charge is 0.307 e. The third kappa shape index (κ3) is 5.73. The van der Waals surface area contributed by atoms with Crippen LogP contribution in [0.2, 0.25) is 0 Å². The summed E-state index contributed by atoms with van der Waals surface area (Å²) < 4.78 is 5.56. The first kappa shape index (κ1) is 17.5. The maximum atomic E-state index is 10.7. The van der Waals surface area contributed by atoms with Gasteiger partial charge in [0.2, 0.25) is 0 Å². The number of hydrogen-bond donors (Lipinski definition) is 2. The van der Waals surface area contributed by atoms with E-state index in [9.17, 15) is 4.79 Å². The van der Waals surface area contributed by atoms with Crippen LogP contribution in [-0.4, -0.2) is 29.3 Å².